The Bertz CT molecular complexity index is 252. The lowest BCUT2D eigenvalue weighted by Crippen LogP contribution is -2.45. The third-order valence-corrected chi connectivity index (χ3v) is 4.10. The number of nitrogens with two attached hydrogens (primary N) is 1. The van der Waals surface area contributed by atoms with Gasteiger partial charge in [-0.15, -0.1) is 0 Å². The smallest absolute Gasteiger partial charge is 0.276 e. The maximum Gasteiger partial charge on any atom is 0.276 e. The summed E-state index contributed by atoms with van der Waals surface area (Å²) in [6.07, 6.45) is 1.74. The molecule has 0 radical (unpaired) electrons. The van der Waals surface area contributed by atoms with Gasteiger partial charge in [-0.3, -0.25) is 0 Å². The number of nitrogens with one attached hydrogen (secondary N) is 2. The van der Waals surface area contributed by atoms with Gasteiger partial charge < -0.3 is 5.73 Å². The van der Waals surface area contributed by atoms with Crippen LogP contribution in [0.15, 0.2) is 0 Å². The van der Waals surface area contributed by atoms with E-state index < -0.39 is 10.2 Å². The quantitative estimate of drug-likeness (QED) is 0.563. The molecule has 0 amide bonds. The molecule has 0 unspecified atom stereocenters. The maximum absolute atomic E-state index is 11.4. The topological polar surface area (TPSA) is 84.2 Å². The second-order valence-corrected chi connectivity index (χ2v) is 5.32. The number of rotatable bonds is 8. The van der Waals surface area contributed by atoms with Crippen molar-refractivity contribution in [3.63, 3.8) is 0 Å². The Morgan fingerprint density at radius 2 is 1.67 bits per heavy atom. The SMILES string of the molecule is CCNS(=O)(=O)NCC(CC)(CC)CN. The van der Waals surface area contributed by atoms with E-state index in [2.05, 4.69) is 9.44 Å². The van der Waals surface area contributed by atoms with Gasteiger partial charge in [0, 0.05) is 13.1 Å². The van der Waals surface area contributed by atoms with Crippen molar-refractivity contribution in [3.05, 3.63) is 0 Å². The molecule has 0 atom stereocenters. The molecular formula is C9H23N3O2S. The van der Waals surface area contributed by atoms with Gasteiger partial charge in [-0.1, -0.05) is 20.8 Å². The Morgan fingerprint density at radius 3 is 2.00 bits per heavy atom. The van der Waals surface area contributed by atoms with Gasteiger partial charge in [-0.2, -0.15) is 8.42 Å². The molecule has 0 aromatic heterocycles. The van der Waals surface area contributed by atoms with Gasteiger partial charge in [0.1, 0.15) is 0 Å². The molecule has 15 heavy (non-hydrogen) atoms. The standard InChI is InChI=1S/C9H23N3O2S/c1-4-9(5-2,7-10)8-12-15(13,14)11-6-3/h11-12H,4-8,10H2,1-3H3. The summed E-state index contributed by atoms with van der Waals surface area (Å²) >= 11 is 0. The van der Waals surface area contributed by atoms with Gasteiger partial charge in [0.05, 0.1) is 0 Å². The summed E-state index contributed by atoms with van der Waals surface area (Å²) in [6.45, 7) is 7.08. The Labute approximate surface area is 93.0 Å². The second kappa shape index (κ2) is 6.42. The van der Waals surface area contributed by atoms with E-state index in [0.717, 1.165) is 12.8 Å². The lowest BCUT2D eigenvalue weighted by molar-refractivity contribution is 0.274. The van der Waals surface area contributed by atoms with E-state index in [-0.39, 0.29) is 5.41 Å². The van der Waals surface area contributed by atoms with E-state index in [0.29, 0.717) is 19.6 Å². The summed E-state index contributed by atoms with van der Waals surface area (Å²) in [6, 6.07) is 0. The molecule has 0 aliphatic heterocycles. The molecule has 4 N–H and O–H groups in total. The van der Waals surface area contributed by atoms with Crippen LogP contribution in [0.25, 0.3) is 0 Å². The summed E-state index contributed by atoms with van der Waals surface area (Å²) in [4.78, 5) is 0. The highest BCUT2D eigenvalue weighted by Gasteiger charge is 2.26. The van der Waals surface area contributed by atoms with Crippen molar-refractivity contribution in [3.8, 4) is 0 Å². The molecular weight excluding hydrogens is 214 g/mol. The number of hydrogen-bond acceptors (Lipinski definition) is 3. The summed E-state index contributed by atoms with van der Waals surface area (Å²) in [5.41, 5.74) is 5.55. The molecule has 0 aromatic carbocycles. The van der Waals surface area contributed by atoms with Crippen molar-refractivity contribution in [2.24, 2.45) is 11.1 Å². The van der Waals surface area contributed by atoms with Crippen LogP contribution in [0.2, 0.25) is 0 Å². The molecule has 0 spiro atoms. The molecule has 0 bridgehead atoms. The fraction of sp³-hybridized carbons (Fsp3) is 1.00. The van der Waals surface area contributed by atoms with E-state index in [1.54, 1.807) is 6.92 Å². The van der Waals surface area contributed by atoms with Gasteiger partial charge >= 0.3 is 0 Å². The zero-order valence-electron chi connectivity index (χ0n) is 9.84. The molecule has 0 saturated heterocycles. The van der Waals surface area contributed by atoms with Crippen LogP contribution in [0.1, 0.15) is 33.6 Å². The zero-order chi connectivity index (χ0) is 11.9. The summed E-state index contributed by atoms with van der Waals surface area (Å²) in [7, 11) is -3.35. The van der Waals surface area contributed by atoms with Crippen molar-refractivity contribution < 1.29 is 8.42 Å². The van der Waals surface area contributed by atoms with Crippen LogP contribution >= 0.6 is 0 Å². The molecule has 0 fully saturated rings. The van der Waals surface area contributed by atoms with Crippen molar-refractivity contribution in [2.45, 2.75) is 33.6 Å². The van der Waals surface area contributed by atoms with Gasteiger partial charge in [0.2, 0.25) is 0 Å². The van der Waals surface area contributed by atoms with E-state index in [1.165, 1.54) is 0 Å². The maximum atomic E-state index is 11.4. The summed E-state index contributed by atoms with van der Waals surface area (Å²) in [5, 5.41) is 0. The Balaban J connectivity index is 4.34. The highest BCUT2D eigenvalue weighted by Crippen LogP contribution is 2.23. The molecule has 0 saturated carbocycles. The van der Waals surface area contributed by atoms with Gasteiger partial charge in [-0.05, 0) is 24.8 Å². The Morgan fingerprint density at radius 1 is 1.13 bits per heavy atom. The molecule has 92 valence electrons. The van der Waals surface area contributed by atoms with Crippen LogP contribution in [0.3, 0.4) is 0 Å². The van der Waals surface area contributed by atoms with E-state index in [9.17, 15) is 8.42 Å². The predicted octanol–water partition coefficient (Wildman–Crippen LogP) is 0.195. The molecule has 0 rings (SSSR count). The molecule has 0 aliphatic rings. The average molecular weight is 237 g/mol. The highest BCUT2D eigenvalue weighted by atomic mass is 32.2. The van der Waals surface area contributed by atoms with Crippen LogP contribution < -0.4 is 15.2 Å². The molecule has 0 aromatic rings. The highest BCUT2D eigenvalue weighted by molar-refractivity contribution is 7.87. The second-order valence-electron chi connectivity index (χ2n) is 3.73. The first-order valence-electron chi connectivity index (χ1n) is 5.39. The first-order valence-corrected chi connectivity index (χ1v) is 6.88. The lowest BCUT2D eigenvalue weighted by atomic mass is 9.83. The van der Waals surface area contributed by atoms with E-state index >= 15 is 0 Å². The fourth-order valence-corrected chi connectivity index (χ4v) is 2.33. The minimum Gasteiger partial charge on any atom is -0.330 e. The normalized spacial score (nSPS) is 13.1. The molecule has 0 heterocycles. The van der Waals surface area contributed by atoms with Gasteiger partial charge in [0.15, 0.2) is 0 Å². The van der Waals surface area contributed by atoms with Gasteiger partial charge in [0.25, 0.3) is 10.2 Å². The van der Waals surface area contributed by atoms with Crippen molar-refractivity contribution in [1.29, 1.82) is 0 Å². The number of hydrogen-bond donors (Lipinski definition) is 3. The monoisotopic (exact) mass is 237 g/mol. The largest absolute Gasteiger partial charge is 0.330 e. The fourth-order valence-electron chi connectivity index (χ4n) is 1.35. The van der Waals surface area contributed by atoms with E-state index in [4.69, 9.17) is 5.73 Å². The van der Waals surface area contributed by atoms with Crippen LogP contribution in [0.4, 0.5) is 0 Å². The minimum absolute atomic E-state index is 0.123. The summed E-state index contributed by atoms with van der Waals surface area (Å²) in [5.74, 6) is 0. The van der Waals surface area contributed by atoms with Crippen LogP contribution in [0.5, 0.6) is 0 Å². The van der Waals surface area contributed by atoms with Crippen LogP contribution in [-0.2, 0) is 10.2 Å². The van der Waals surface area contributed by atoms with Crippen molar-refractivity contribution >= 4 is 10.2 Å². The summed E-state index contributed by atoms with van der Waals surface area (Å²) < 4.78 is 27.6. The van der Waals surface area contributed by atoms with Crippen molar-refractivity contribution in [1.82, 2.24) is 9.44 Å². The van der Waals surface area contributed by atoms with Crippen molar-refractivity contribution in [2.75, 3.05) is 19.6 Å². The molecule has 0 aliphatic carbocycles. The lowest BCUT2D eigenvalue weighted by Gasteiger charge is -2.30. The zero-order valence-corrected chi connectivity index (χ0v) is 10.7. The molecule has 6 heteroatoms. The Kier molecular flexibility index (Phi) is 6.35. The van der Waals surface area contributed by atoms with E-state index in [1.807, 2.05) is 13.8 Å². The average Bonchev–Trinajstić information content (AvgIpc) is 2.21. The Hall–Kier alpha value is -0.170. The minimum atomic E-state index is -3.35. The van der Waals surface area contributed by atoms with Crippen LogP contribution in [0, 0.1) is 5.41 Å². The third-order valence-electron chi connectivity index (χ3n) is 2.90. The first-order chi connectivity index (χ1) is 6.95. The third kappa shape index (κ3) is 4.92. The molecule has 5 nitrogen and oxygen atoms in total. The van der Waals surface area contributed by atoms with Gasteiger partial charge in [-0.25, -0.2) is 9.44 Å². The van der Waals surface area contributed by atoms with Crippen LogP contribution in [-0.4, -0.2) is 28.1 Å². The first kappa shape index (κ1) is 14.8. The predicted molar refractivity (Wildman–Crippen MR) is 62.7 cm³/mol.